The molecule has 7 heteroatoms. The second-order valence-electron chi connectivity index (χ2n) is 5.70. The number of amides is 1. The standard InChI is InChI=1S/C18H25ClFNO3S/c1-4-6-7-8-17(22)21-15-11-16(13(19)10-14(15)20)25-12(3)18(23)24-9-5-2/h10-12H,4-9H2,1-3H3,(H,21,22). The summed E-state index contributed by atoms with van der Waals surface area (Å²) in [5, 5.41) is 2.28. The SMILES string of the molecule is CCCCCC(=O)Nc1cc(SC(C)C(=O)OCCC)c(Cl)cc1F. The van der Waals surface area contributed by atoms with Gasteiger partial charge in [0.15, 0.2) is 0 Å². The fraction of sp³-hybridized carbons (Fsp3) is 0.556. The lowest BCUT2D eigenvalue weighted by Gasteiger charge is -2.14. The summed E-state index contributed by atoms with van der Waals surface area (Å²) in [4.78, 5) is 24.3. The maximum atomic E-state index is 14.0. The third kappa shape index (κ3) is 7.65. The van der Waals surface area contributed by atoms with E-state index in [1.807, 2.05) is 13.8 Å². The number of anilines is 1. The molecule has 0 bridgehead atoms. The van der Waals surface area contributed by atoms with Crippen molar-refractivity contribution in [3.63, 3.8) is 0 Å². The van der Waals surface area contributed by atoms with Gasteiger partial charge in [0.25, 0.3) is 0 Å². The molecule has 1 unspecified atom stereocenters. The molecule has 1 rings (SSSR count). The van der Waals surface area contributed by atoms with E-state index in [2.05, 4.69) is 5.32 Å². The van der Waals surface area contributed by atoms with Crippen molar-refractivity contribution in [1.82, 2.24) is 0 Å². The first kappa shape index (κ1) is 21.8. The highest BCUT2D eigenvalue weighted by molar-refractivity contribution is 8.00. The molecule has 0 aromatic heterocycles. The van der Waals surface area contributed by atoms with Crippen LogP contribution in [0, 0.1) is 5.82 Å². The van der Waals surface area contributed by atoms with Crippen molar-refractivity contribution in [1.29, 1.82) is 0 Å². The third-order valence-electron chi connectivity index (χ3n) is 3.39. The lowest BCUT2D eigenvalue weighted by atomic mass is 10.2. The molecule has 1 aromatic rings. The lowest BCUT2D eigenvalue weighted by Crippen LogP contribution is -2.17. The van der Waals surface area contributed by atoms with E-state index in [4.69, 9.17) is 16.3 Å². The van der Waals surface area contributed by atoms with Gasteiger partial charge in [0.2, 0.25) is 5.91 Å². The molecular formula is C18H25ClFNO3S. The molecule has 0 aliphatic carbocycles. The minimum atomic E-state index is -0.598. The van der Waals surface area contributed by atoms with Gasteiger partial charge in [0.1, 0.15) is 11.1 Å². The molecule has 1 amide bonds. The first-order valence-electron chi connectivity index (χ1n) is 8.51. The summed E-state index contributed by atoms with van der Waals surface area (Å²) in [5.41, 5.74) is 0.0718. The number of nitrogens with one attached hydrogen (secondary N) is 1. The molecule has 4 nitrogen and oxygen atoms in total. The Hall–Kier alpha value is -1.27. The van der Waals surface area contributed by atoms with Crippen molar-refractivity contribution in [2.75, 3.05) is 11.9 Å². The number of unbranched alkanes of at least 4 members (excludes halogenated alkanes) is 2. The fourth-order valence-electron chi connectivity index (χ4n) is 2.02. The Kier molecular flexibility index (Phi) is 9.90. The summed E-state index contributed by atoms with van der Waals surface area (Å²) in [6.45, 7) is 6.02. The molecule has 0 radical (unpaired) electrons. The Morgan fingerprint density at radius 2 is 2.00 bits per heavy atom. The van der Waals surface area contributed by atoms with Crippen molar-refractivity contribution in [3.8, 4) is 0 Å². The van der Waals surface area contributed by atoms with Crippen LogP contribution in [-0.4, -0.2) is 23.7 Å². The van der Waals surface area contributed by atoms with Crippen molar-refractivity contribution in [2.45, 2.75) is 63.0 Å². The molecule has 0 saturated heterocycles. The van der Waals surface area contributed by atoms with Crippen LogP contribution >= 0.6 is 23.4 Å². The van der Waals surface area contributed by atoms with Gasteiger partial charge in [-0.1, -0.05) is 38.3 Å². The zero-order chi connectivity index (χ0) is 18.8. The third-order valence-corrected chi connectivity index (χ3v) is 4.95. The molecule has 1 atom stereocenters. The Balaban J connectivity index is 2.78. The van der Waals surface area contributed by atoms with E-state index in [9.17, 15) is 14.0 Å². The first-order valence-corrected chi connectivity index (χ1v) is 9.76. The number of halogens is 2. The summed E-state index contributed by atoms with van der Waals surface area (Å²) >= 11 is 7.24. The van der Waals surface area contributed by atoms with Gasteiger partial charge in [-0.3, -0.25) is 9.59 Å². The number of rotatable bonds is 10. The van der Waals surface area contributed by atoms with E-state index < -0.39 is 11.1 Å². The second kappa shape index (κ2) is 11.4. The topological polar surface area (TPSA) is 55.4 Å². The van der Waals surface area contributed by atoms with E-state index in [1.165, 1.54) is 17.8 Å². The summed E-state index contributed by atoms with van der Waals surface area (Å²) < 4.78 is 19.1. The van der Waals surface area contributed by atoms with Gasteiger partial charge in [-0.25, -0.2) is 4.39 Å². The smallest absolute Gasteiger partial charge is 0.319 e. The zero-order valence-electron chi connectivity index (χ0n) is 14.9. The highest BCUT2D eigenvalue weighted by atomic mass is 35.5. The van der Waals surface area contributed by atoms with E-state index in [1.54, 1.807) is 6.92 Å². The molecule has 25 heavy (non-hydrogen) atoms. The van der Waals surface area contributed by atoms with Crippen molar-refractivity contribution in [2.24, 2.45) is 0 Å². The average molecular weight is 390 g/mol. The minimum absolute atomic E-state index is 0.0718. The van der Waals surface area contributed by atoms with Crippen molar-refractivity contribution >= 4 is 40.9 Å². The Morgan fingerprint density at radius 1 is 1.28 bits per heavy atom. The van der Waals surface area contributed by atoms with Crippen LogP contribution in [0.4, 0.5) is 10.1 Å². The van der Waals surface area contributed by atoms with Crippen LogP contribution in [0.3, 0.4) is 0 Å². The van der Waals surface area contributed by atoms with E-state index in [0.717, 1.165) is 31.7 Å². The predicted octanol–water partition coefficient (Wildman–Crippen LogP) is 5.43. The zero-order valence-corrected chi connectivity index (χ0v) is 16.4. The highest BCUT2D eigenvalue weighted by Crippen LogP contribution is 2.34. The molecule has 0 aliphatic heterocycles. The highest BCUT2D eigenvalue weighted by Gasteiger charge is 2.19. The summed E-state index contributed by atoms with van der Waals surface area (Å²) in [7, 11) is 0. The van der Waals surface area contributed by atoms with E-state index in [0.29, 0.717) is 17.9 Å². The average Bonchev–Trinajstić information content (AvgIpc) is 2.57. The van der Waals surface area contributed by atoms with Crippen LogP contribution < -0.4 is 5.32 Å². The molecule has 0 heterocycles. The molecule has 0 spiro atoms. The van der Waals surface area contributed by atoms with Gasteiger partial charge in [0.05, 0.1) is 17.3 Å². The molecule has 0 saturated carbocycles. The largest absolute Gasteiger partial charge is 0.465 e. The van der Waals surface area contributed by atoms with Crippen LogP contribution in [-0.2, 0) is 14.3 Å². The second-order valence-corrected chi connectivity index (χ2v) is 7.49. The van der Waals surface area contributed by atoms with Crippen LogP contribution in [0.1, 0.15) is 52.9 Å². The molecule has 1 N–H and O–H groups in total. The number of hydrogen-bond acceptors (Lipinski definition) is 4. The Morgan fingerprint density at radius 3 is 2.64 bits per heavy atom. The van der Waals surface area contributed by atoms with Crippen molar-refractivity contribution in [3.05, 3.63) is 23.0 Å². The Labute approximate surface area is 157 Å². The van der Waals surface area contributed by atoms with E-state index >= 15 is 0 Å². The summed E-state index contributed by atoms with van der Waals surface area (Å²) in [5.74, 6) is -1.18. The lowest BCUT2D eigenvalue weighted by molar-refractivity contribution is -0.142. The van der Waals surface area contributed by atoms with Crippen LogP contribution in [0.15, 0.2) is 17.0 Å². The number of ether oxygens (including phenoxy) is 1. The summed E-state index contributed by atoms with van der Waals surface area (Å²) in [6, 6.07) is 2.61. The van der Waals surface area contributed by atoms with Crippen LogP contribution in [0.2, 0.25) is 5.02 Å². The maximum Gasteiger partial charge on any atom is 0.319 e. The number of carbonyl (C=O) groups is 2. The van der Waals surface area contributed by atoms with Gasteiger partial charge < -0.3 is 10.1 Å². The normalized spacial score (nSPS) is 11.9. The molecular weight excluding hydrogens is 365 g/mol. The van der Waals surface area contributed by atoms with Gasteiger partial charge in [0, 0.05) is 11.3 Å². The van der Waals surface area contributed by atoms with Gasteiger partial charge >= 0.3 is 5.97 Å². The number of thioether (sulfide) groups is 1. The fourth-order valence-corrected chi connectivity index (χ4v) is 3.21. The molecule has 0 aliphatic rings. The minimum Gasteiger partial charge on any atom is -0.465 e. The number of carbonyl (C=O) groups excluding carboxylic acids is 2. The molecule has 0 fully saturated rings. The number of hydrogen-bond donors (Lipinski definition) is 1. The molecule has 140 valence electrons. The van der Waals surface area contributed by atoms with Crippen LogP contribution in [0.25, 0.3) is 0 Å². The Bertz CT molecular complexity index is 598. The predicted molar refractivity (Wildman–Crippen MR) is 101 cm³/mol. The van der Waals surface area contributed by atoms with Crippen molar-refractivity contribution < 1.29 is 18.7 Å². The summed E-state index contributed by atoms with van der Waals surface area (Å²) in [6.07, 6.45) is 3.82. The van der Waals surface area contributed by atoms with E-state index in [-0.39, 0.29) is 22.6 Å². The molecule has 1 aromatic carbocycles. The van der Waals surface area contributed by atoms with Gasteiger partial charge in [-0.05, 0) is 31.9 Å². The first-order chi connectivity index (χ1) is 11.9. The van der Waals surface area contributed by atoms with Gasteiger partial charge in [-0.15, -0.1) is 11.8 Å². The van der Waals surface area contributed by atoms with Crippen LogP contribution in [0.5, 0.6) is 0 Å². The number of benzene rings is 1. The quantitative estimate of drug-likeness (QED) is 0.329. The van der Waals surface area contributed by atoms with Gasteiger partial charge in [-0.2, -0.15) is 0 Å². The monoisotopic (exact) mass is 389 g/mol. The number of esters is 1. The maximum absolute atomic E-state index is 14.0.